The normalized spacial score (nSPS) is 12.6. The molecule has 19 heavy (non-hydrogen) atoms. The number of hydrogen-bond acceptors (Lipinski definition) is 4. The third kappa shape index (κ3) is 2.96. The molecule has 2 aromatic heterocycles. The fraction of sp³-hybridized carbons (Fsp3) is 0.385. The Morgan fingerprint density at radius 3 is 3.00 bits per heavy atom. The Kier molecular flexibility index (Phi) is 4.21. The molecule has 6 heteroatoms. The zero-order chi connectivity index (χ0) is 14.0. The Morgan fingerprint density at radius 2 is 2.32 bits per heavy atom. The summed E-state index contributed by atoms with van der Waals surface area (Å²) in [7, 11) is 0. The van der Waals surface area contributed by atoms with Crippen LogP contribution in [0.15, 0.2) is 22.8 Å². The number of carbonyl (C=O) groups is 1. The van der Waals surface area contributed by atoms with Gasteiger partial charge in [0.15, 0.2) is 0 Å². The highest BCUT2D eigenvalue weighted by molar-refractivity contribution is 9.10. The van der Waals surface area contributed by atoms with Crippen molar-refractivity contribution in [3.63, 3.8) is 0 Å². The maximum absolute atomic E-state index is 11.6. The molecule has 1 atom stereocenters. The summed E-state index contributed by atoms with van der Waals surface area (Å²) in [5.41, 5.74) is 8.51. The molecule has 0 radical (unpaired) electrons. The monoisotopic (exact) mass is 325 g/mol. The van der Waals surface area contributed by atoms with Crippen LogP contribution in [0.4, 0.5) is 0 Å². The highest BCUT2D eigenvalue weighted by atomic mass is 79.9. The zero-order valence-corrected chi connectivity index (χ0v) is 12.5. The van der Waals surface area contributed by atoms with E-state index in [1.807, 2.05) is 29.7 Å². The third-order valence-corrected chi connectivity index (χ3v) is 3.35. The summed E-state index contributed by atoms with van der Waals surface area (Å²) in [6, 6.07) is 3.17. The van der Waals surface area contributed by atoms with Gasteiger partial charge in [0.25, 0.3) is 0 Å². The van der Waals surface area contributed by atoms with Gasteiger partial charge in [-0.05, 0) is 41.9 Å². The van der Waals surface area contributed by atoms with Gasteiger partial charge in [-0.15, -0.1) is 0 Å². The van der Waals surface area contributed by atoms with Crippen molar-refractivity contribution in [2.45, 2.75) is 26.3 Å². The highest BCUT2D eigenvalue weighted by Crippen LogP contribution is 2.17. The lowest BCUT2D eigenvalue weighted by molar-refractivity contribution is -0.144. The van der Waals surface area contributed by atoms with Crippen molar-refractivity contribution in [2.75, 3.05) is 6.61 Å². The lowest BCUT2D eigenvalue weighted by Gasteiger charge is -2.11. The molecule has 0 amide bonds. The number of rotatable bonds is 4. The molecule has 0 saturated carbocycles. The van der Waals surface area contributed by atoms with E-state index in [0.29, 0.717) is 13.0 Å². The fourth-order valence-electron chi connectivity index (χ4n) is 1.97. The van der Waals surface area contributed by atoms with Crippen molar-refractivity contribution in [3.8, 4) is 0 Å². The molecule has 2 aromatic rings. The summed E-state index contributed by atoms with van der Waals surface area (Å²) >= 11 is 3.42. The van der Waals surface area contributed by atoms with Gasteiger partial charge < -0.3 is 14.9 Å². The second-order valence-electron chi connectivity index (χ2n) is 4.28. The molecule has 1 unspecified atom stereocenters. The number of imidazole rings is 1. The number of hydrogen-bond donors (Lipinski definition) is 1. The van der Waals surface area contributed by atoms with Crippen molar-refractivity contribution >= 4 is 27.5 Å². The van der Waals surface area contributed by atoms with Gasteiger partial charge in [0.2, 0.25) is 0 Å². The fourth-order valence-corrected chi connectivity index (χ4v) is 2.31. The number of halogens is 1. The van der Waals surface area contributed by atoms with Crippen LogP contribution < -0.4 is 5.73 Å². The predicted octanol–water partition coefficient (Wildman–Crippen LogP) is 1.84. The van der Waals surface area contributed by atoms with Crippen molar-refractivity contribution < 1.29 is 9.53 Å². The molecule has 2 heterocycles. The first kappa shape index (κ1) is 14.0. The molecule has 2 rings (SSSR count). The standard InChI is InChI=1S/C13H16BrN3O2/c1-3-19-13(18)10(15)6-11-8(2)16-12-5-4-9(14)7-17(11)12/h4-5,7,10H,3,6,15H2,1-2H3. The van der Waals surface area contributed by atoms with E-state index in [1.165, 1.54) is 0 Å². The first-order chi connectivity index (χ1) is 9.02. The number of carbonyl (C=O) groups excluding carboxylic acids is 1. The number of aryl methyl sites for hydroxylation is 1. The van der Waals surface area contributed by atoms with E-state index in [4.69, 9.17) is 10.5 Å². The Bertz CT molecular complexity index is 609. The van der Waals surface area contributed by atoms with E-state index in [0.717, 1.165) is 21.5 Å². The number of pyridine rings is 1. The van der Waals surface area contributed by atoms with E-state index in [2.05, 4.69) is 20.9 Å². The largest absolute Gasteiger partial charge is 0.465 e. The molecule has 0 spiro atoms. The molecule has 0 fully saturated rings. The topological polar surface area (TPSA) is 69.6 Å². The van der Waals surface area contributed by atoms with Crippen LogP contribution in [0, 0.1) is 6.92 Å². The van der Waals surface area contributed by atoms with E-state index in [1.54, 1.807) is 6.92 Å². The van der Waals surface area contributed by atoms with Gasteiger partial charge in [-0.2, -0.15) is 0 Å². The van der Waals surface area contributed by atoms with Crippen LogP contribution in [0.3, 0.4) is 0 Å². The minimum absolute atomic E-state index is 0.338. The second kappa shape index (κ2) is 5.71. The van der Waals surface area contributed by atoms with E-state index >= 15 is 0 Å². The molecule has 0 bridgehead atoms. The van der Waals surface area contributed by atoms with Crippen LogP contribution in [-0.2, 0) is 16.0 Å². The van der Waals surface area contributed by atoms with Crippen LogP contribution in [0.25, 0.3) is 5.65 Å². The Morgan fingerprint density at radius 1 is 1.58 bits per heavy atom. The molecule has 2 N–H and O–H groups in total. The number of aromatic nitrogens is 2. The van der Waals surface area contributed by atoms with Gasteiger partial charge in [-0.25, -0.2) is 4.98 Å². The van der Waals surface area contributed by atoms with E-state index < -0.39 is 6.04 Å². The van der Waals surface area contributed by atoms with Crippen LogP contribution in [-0.4, -0.2) is 28.0 Å². The number of ether oxygens (including phenoxy) is 1. The van der Waals surface area contributed by atoms with Crippen molar-refractivity contribution in [1.29, 1.82) is 0 Å². The second-order valence-corrected chi connectivity index (χ2v) is 5.20. The van der Waals surface area contributed by atoms with Gasteiger partial charge >= 0.3 is 5.97 Å². The molecule has 0 saturated heterocycles. The summed E-state index contributed by atoms with van der Waals surface area (Å²) in [6.07, 6.45) is 2.32. The van der Waals surface area contributed by atoms with Crippen LogP contribution in [0.1, 0.15) is 18.3 Å². The van der Waals surface area contributed by atoms with Crippen molar-refractivity contribution in [3.05, 3.63) is 34.2 Å². The molecular formula is C13H16BrN3O2. The molecule has 102 valence electrons. The first-order valence-corrected chi connectivity index (χ1v) is 6.87. The smallest absolute Gasteiger partial charge is 0.323 e. The molecule has 0 aliphatic carbocycles. The number of esters is 1. The van der Waals surface area contributed by atoms with Gasteiger partial charge in [0.1, 0.15) is 11.7 Å². The van der Waals surface area contributed by atoms with Gasteiger partial charge in [0, 0.05) is 22.8 Å². The summed E-state index contributed by atoms with van der Waals surface area (Å²) < 4.78 is 7.82. The van der Waals surface area contributed by atoms with Crippen LogP contribution in [0.5, 0.6) is 0 Å². The lowest BCUT2D eigenvalue weighted by atomic mass is 10.1. The minimum atomic E-state index is -0.669. The number of nitrogens with zero attached hydrogens (tertiary/aromatic N) is 2. The molecular weight excluding hydrogens is 310 g/mol. The lowest BCUT2D eigenvalue weighted by Crippen LogP contribution is -2.35. The average molecular weight is 326 g/mol. The highest BCUT2D eigenvalue weighted by Gasteiger charge is 2.19. The van der Waals surface area contributed by atoms with Crippen molar-refractivity contribution in [2.24, 2.45) is 5.73 Å². The quantitative estimate of drug-likeness (QED) is 0.871. The Balaban J connectivity index is 2.31. The maximum Gasteiger partial charge on any atom is 0.323 e. The molecule has 0 aliphatic rings. The molecule has 0 aliphatic heterocycles. The number of fused-ring (bicyclic) bond motifs is 1. The van der Waals surface area contributed by atoms with E-state index in [-0.39, 0.29) is 5.97 Å². The molecule has 5 nitrogen and oxygen atoms in total. The van der Waals surface area contributed by atoms with Crippen LogP contribution in [0.2, 0.25) is 0 Å². The Labute approximate surface area is 119 Å². The minimum Gasteiger partial charge on any atom is -0.465 e. The molecule has 0 aromatic carbocycles. The van der Waals surface area contributed by atoms with E-state index in [9.17, 15) is 4.79 Å². The van der Waals surface area contributed by atoms with Crippen LogP contribution >= 0.6 is 15.9 Å². The first-order valence-electron chi connectivity index (χ1n) is 6.08. The Hall–Kier alpha value is -1.40. The van der Waals surface area contributed by atoms with Gasteiger partial charge in [-0.1, -0.05) is 0 Å². The summed E-state index contributed by atoms with van der Waals surface area (Å²) in [4.78, 5) is 16.0. The predicted molar refractivity (Wildman–Crippen MR) is 75.9 cm³/mol. The number of nitrogens with two attached hydrogens (primary N) is 1. The SMILES string of the molecule is CCOC(=O)C(N)Cc1c(C)nc2ccc(Br)cn12. The van der Waals surface area contributed by atoms with Gasteiger partial charge in [-0.3, -0.25) is 4.79 Å². The maximum atomic E-state index is 11.6. The summed E-state index contributed by atoms with van der Waals surface area (Å²) in [6.45, 7) is 4.01. The summed E-state index contributed by atoms with van der Waals surface area (Å²) in [5, 5.41) is 0. The average Bonchev–Trinajstić information content (AvgIpc) is 2.66. The zero-order valence-electron chi connectivity index (χ0n) is 10.9. The van der Waals surface area contributed by atoms with Crippen molar-refractivity contribution in [1.82, 2.24) is 9.38 Å². The summed E-state index contributed by atoms with van der Waals surface area (Å²) in [5.74, 6) is -0.383. The van der Waals surface area contributed by atoms with Gasteiger partial charge in [0.05, 0.1) is 12.3 Å². The third-order valence-electron chi connectivity index (χ3n) is 2.88.